The molecule has 0 aliphatic carbocycles. The number of fused-ring (bicyclic) bond motifs is 2. The van der Waals surface area contributed by atoms with E-state index in [-0.39, 0.29) is 35.4 Å². The summed E-state index contributed by atoms with van der Waals surface area (Å²) in [5.41, 5.74) is 1.20. The molecule has 0 aromatic rings. The maximum Gasteiger partial charge on any atom is 0.330 e. The molecule has 0 N–H and O–H groups in total. The molecule has 1 unspecified atom stereocenters. The van der Waals surface area contributed by atoms with E-state index in [2.05, 4.69) is 64.7 Å². The van der Waals surface area contributed by atoms with Crippen molar-refractivity contribution in [2.75, 3.05) is 6.61 Å². The Morgan fingerprint density at radius 1 is 1.05 bits per heavy atom. The lowest BCUT2D eigenvalue weighted by molar-refractivity contribution is -0.166. The van der Waals surface area contributed by atoms with E-state index >= 15 is 0 Å². The van der Waals surface area contributed by atoms with Crippen LogP contribution in [0.2, 0.25) is 18.1 Å². The second kappa shape index (κ2) is 13.2. The Morgan fingerprint density at radius 3 is 2.47 bits per heavy atom. The molecule has 0 saturated carbocycles. The molecule has 5 atom stereocenters. The molecular weight excluding hydrogens is 496 g/mol. The van der Waals surface area contributed by atoms with Crippen LogP contribution in [0.3, 0.4) is 0 Å². The van der Waals surface area contributed by atoms with Gasteiger partial charge in [0.1, 0.15) is 12.2 Å². The summed E-state index contributed by atoms with van der Waals surface area (Å²) in [6.07, 6.45) is 17.0. The van der Waals surface area contributed by atoms with Crippen molar-refractivity contribution < 1.29 is 28.2 Å². The van der Waals surface area contributed by atoms with Crippen molar-refractivity contribution in [3.63, 3.8) is 0 Å². The first-order chi connectivity index (χ1) is 17.7. The Balaban J connectivity index is 1.81. The number of rotatable bonds is 3. The van der Waals surface area contributed by atoms with E-state index < -0.39 is 20.2 Å². The summed E-state index contributed by atoms with van der Waals surface area (Å²) in [6.45, 7) is 19.9. The smallest absolute Gasteiger partial charge is 0.330 e. The molecule has 7 heteroatoms. The molecule has 214 valence electrons. The highest BCUT2D eigenvalue weighted by atomic mass is 28.4. The summed E-state index contributed by atoms with van der Waals surface area (Å²) in [6, 6.07) is 0. The fourth-order valence-electron chi connectivity index (χ4n) is 4.75. The first-order valence-electron chi connectivity index (χ1n) is 14.3. The average Bonchev–Trinajstić information content (AvgIpc) is 3.16. The Hall–Kier alpha value is -1.51. The monoisotopic (exact) mass is 546 g/mol. The normalized spacial score (nSPS) is 32.9. The Labute approximate surface area is 231 Å². The van der Waals surface area contributed by atoms with Gasteiger partial charge in [-0.25, -0.2) is 4.79 Å². The van der Waals surface area contributed by atoms with E-state index in [1.54, 1.807) is 0 Å². The van der Waals surface area contributed by atoms with E-state index in [0.717, 1.165) is 32.1 Å². The molecule has 2 bridgehead atoms. The fourth-order valence-corrected chi connectivity index (χ4v) is 6.02. The molecule has 1 fully saturated rings. The van der Waals surface area contributed by atoms with Crippen molar-refractivity contribution in [1.82, 2.24) is 0 Å². The minimum atomic E-state index is -2.01. The third-order valence-corrected chi connectivity index (χ3v) is 12.5. The molecule has 3 aliphatic rings. The average molecular weight is 547 g/mol. The van der Waals surface area contributed by atoms with Gasteiger partial charge in [-0.3, -0.25) is 0 Å². The number of esters is 1. The minimum Gasteiger partial charge on any atom is -0.456 e. The number of hydrogen-bond donors (Lipinski definition) is 0. The third-order valence-electron chi connectivity index (χ3n) is 7.97. The third kappa shape index (κ3) is 9.59. The highest BCUT2D eigenvalue weighted by molar-refractivity contribution is 6.74. The van der Waals surface area contributed by atoms with E-state index in [1.807, 2.05) is 19.9 Å². The lowest BCUT2D eigenvalue weighted by Gasteiger charge is -2.39. The van der Waals surface area contributed by atoms with Crippen molar-refractivity contribution in [2.24, 2.45) is 0 Å². The molecule has 1 saturated heterocycles. The van der Waals surface area contributed by atoms with Crippen molar-refractivity contribution >= 4 is 14.3 Å². The molecule has 3 aliphatic heterocycles. The van der Waals surface area contributed by atoms with Crippen LogP contribution >= 0.6 is 0 Å². The first kappa shape index (κ1) is 31.0. The highest BCUT2D eigenvalue weighted by Gasteiger charge is 2.40. The molecule has 38 heavy (non-hydrogen) atoms. The molecule has 3 rings (SSSR count). The fraction of sp³-hybridized carbons (Fsp3) is 0.710. The topological polar surface area (TPSA) is 63.2 Å². The number of carbonyl (C=O) groups is 1. The van der Waals surface area contributed by atoms with Crippen LogP contribution in [-0.2, 0) is 28.2 Å². The van der Waals surface area contributed by atoms with E-state index in [9.17, 15) is 4.79 Å². The van der Waals surface area contributed by atoms with Crippen molar-refractivity contribution in [3.8, 4) is 0 Å². The van der Waals surface area contributed by atoms with Crippen LogP contribution in [0.4, 0.5) is 0 Å². The van der Waals surface area contributed by atoms with Crippen molar-refractivity contribution in [1.29, 1.82) is 0 Å². The van der Waals surface area contributed by atoms with Crippen molar-refractivity contribution in [3.05, 3.63) is 48.6 Å². The number of cyclic esters (lactones) is 1. The van der Waals surface area contributed by atoms with Gasteiger partial charge in [-0.1, -0.05) is 63.3 Å². The van der Waals surface area contributed by atoms with Gasteiger partial charge in [-0.15, -0.1) is 0 Å². The summed E-state index contributed by atoms with van der Waals surface area (Å²) in [5.74, 6) is -1.08. The standard InChI is InChI=1S/C31H50O6Si/c1-23-13-9-14-24-15-10-16-25(34-24)17-12-20-29(32)35-27(28-22-33-31(5,6)36-28)19-11-18-26(21-23)37-38(7,8)30(2,3)4/h10-12,16,18,20,24-28H,1,9,13-15,17,19,21-22H2,2-8H3/b18-11+,20-12?/t24-,25+,26?,27+,28-/m1/s1. The maximum atomic E-state index is 12.8. The van der Waals surface area contributed by atoms with Gasteiger partial charge in [-0.05, 0) is 70.5 Å². The van der Waals surface area contributed by atoms with Crippen LogP contribution in [0, 0.1) is 0 Å². The van der Waals surface area contributed by atoms with Crippen LogP contribution in [0.15, 0.2) is 48.6 Å². The number of carbonyl (C=O) groups excluding carboxylic acids is 1. The zero-order valence-electron chi connectivity index (χ0n) is 24.7. The molecule has 6 nitrogen and oxygen atoms in total. The van der Waals surface area contributed by atoms with Gasteiger partial charge in [0.15, 0.2) is 14.1 Å². The van der Waals surface area contributed by atoms with Gasteiger partial charge in [0.2, 0.25) is 0 Å². The number of hydrogen-bond acceptors (Lipinski definition) is 6. The van der Waals surface area contributed by atoms with Gasteiger partial charge < -0.3 is 23.4 Å². The molecule has 0 aromatic carbocycles. The predicted octanol–water partition coefficient (Wildman–Crippen LogP) is 7.18. The molecule has 0 radical (unpaired) electrons. The summed E-state index contributed by atoms with van der Waals surface area (Å²) in [7, 11) is -2.01. The van der Waals surface area contributed by atoms with Gasteiger partial charge in [0, 0.05) is 12.5 Å². The van der Waals surface area contributed by atoms with Crippen LogP contribution in [-0.4, -0.2) is 57.2 Å². The lowest BCUT2D eigenvalue weighted by atomic mass is 9.99. The summed E-state index contributed by atoms with van der Waals surface area (Å²) >= 11 is 0. The van der Waals surface area contributed by atoms with E-state index in [4.69, 9.17) is 23.4 Å². The molecule has 0 amide bonds. The summed E-state index contributed by atoms with van der Waals surface area (Å²) in [5, 5.41) is 0.0988. The second-order valence-electron chi connectivity index (χ2n) is 12.9. The largest absolute Gasteiger partial charge is 0.456 e. The maximum absolute atomic E-state index is 12.8. The summed E-state index contributed by atoms with van der Waals surface area (Å²) in [4.78, 5) is 12.8. The zero-order chi connectivity index (χ0) is 28.0. The number of ether oxygens (including phenoxy) is 4. The van der Waals surface area contributed by atoms with E-state index in [0.29, 0.717) is 19.4 Å². The lowest BCUT2D eigenvalue weighted by Crippen LogP contribution is -2.43. The Kier molecular flexibility index (Phi) is 10.8. The molecular formula is C31H50O6Si. The first-order valence-corrected chi connectivity index (χ1v) is 17.2. The zero-order valence-corrected chi connectivity index (χ0v) is 25.7. The van der Waals surface area contributed by atoms with Gasteiger partial charge in [-0.2, -0.15) is 0 Å². The van der Waals surface area contributed by atoms with Crippen LogP contribution in [0.1, 0.15) is 79.6 Å². The molecule has 3 heterocycles. The summed E-state index contributed by atoms with van der Waals surface area (Å²) < 4.78 is 30.8. The minimum absolute atomic E-state index is 0.0200. The van der Waals surface area contributed by atoms with Crippen molar-refractivity contribution in [2.45, 2.75) is 134 Å². The SMILES string of the molecule is C=C1CCC[C@@H]2CC=C[C@@H](CC=CC(=O)O[C@H]([C@H]3COC(C)(C)O3)C/C=C/C(O[Si](C)(C)C(C)(C)C)C1)O2. The van der Waals surface area contributed by atoms with Gasteiger partial charge in [0.05, 0.1) is 24.9 Å². The Bertz CT molecular complexity index is 897. The predicted molar refractivity (Wildman–Crippen MR) is 154 cm³/mol. The van der Waals surface area contributed by atoms with Crippen LogP contribution < -0.4 is 0 Å². The molecule has 0 spiro atoms. The van der Waals surface area contributed by atoms with Crippen LogP contribution in [0.25, 0.3) is 0 Å². The molecule has 0 aromatic heterocycles. The van der Waals surface area contributed by atoms with Gasteiger partial charge >= 0.3 is 5.97 Å². The van der Waals surface area contributed by atoms with Gasteiger partial charge in [0.25, 0.3) is 0 Å². The second-order valence-corrected chi connectivity index (χ2v) is 17.6. The Morgan fingerprint density at radius 2 is 1.79 bits per heavy atom. The van der Waals surface area contributed by atoms with Crippen LogP contribution in [0.5, 0.6) is 0 Å². The highest BCUT2D eigenvalue weighted by Crippen LogP contribution is 2.38. The van der Waals surface area contributed by atoms with E-state index in [1.165, 1.54) is 11.6 Å². The quantitative estimate of drug-likeness (QED) is 0.212.